The van der Waals surface area contributed by atoms with Crippen LogP contribution in [0.1, 0.15) is 11.1 Å². The Morgan fingerprint density at radius 1 is 0.966 bits per heavy atom. The highest BCUT2D eigenvalue weighted by molar-refractivity contribution is 7.92. The molecule has 1 N–H and O–H groups in total. The molecule has 3 rings (SSSR count). The van der Waals surface area contributed by atoms with E-state index >= 15 is 0 Å². The van der Waals surface area contributed by atoms with Gasteiger partial charge in [0.25, 0.3) is 10.0 Å². The van der Waals surface area contributed by atoms with Crippen LogP contribution in [0.5, 0.6) is 11.5 Å². The van der Waals surface area contributed by atoms with Crippen LogP contribution in [-0.4, -0.2) is 13.4 Å². The number of nitriles is 2. The number of benzene rings is 2. The van der Waals surface area contributed by atoms with Gasteiger partial charge in [0.1, 0.15) is 35.0 Å². The van der Waals surface area contributed by atoms with Crippen molar-refractivity contribution in [3.05, 3.63) is 77.5 Å². The minimum Gasteiger partial charge on any atom is -0.456 e. The third-order valence-corrected chi connectivity index (χ3v) is 4.93. The fraction of sp³-hybridized carbons (Fsp3) is 0. The van der Waals surface area contributed by atoms with E-state index in [1.807, 2.05) is 0 Å². The summed E-state index contributed by atoms with van der Waals surface area (Å²) in [5.74, 6) is -1.48. The molecule has 0 aliphatic rings. The molecule has 0 aliphatic carbocycles. The topological polar surface area (TPSA) is 116 Å². The highest BCUT2D eigenvalue weighted by atomic mass is 32.2. The number of anilines is 1. The number of aromatic nitrogens is 1. The lowest BCUT2D eigenvalue weighted by Crippen LogP contribution is -2.14. The molecule has 0 spiro atoms. The molecule has 0 radical (unpaired) electrons. The van der Waals surface area contributed by atoms with E-state index in [0.717, 1.165) is 36.5 Å². The summed E-state index contributed by atoms with van der Waals surface area (Å²) < 4.78 is 59.0. The van der Waals surface area contributed by atoms with Crippen LogP contribution in [0.4, 0.5) is 14.6 Å². The Morgan fingerprint density at radius 2 is 1.76 bits per heavy atom. The van der Waals surface area contributed by atoms with E-state index in [0.29, 0.717) is 0 Å². The van der Waals surface area contributed by atoms with Gasteiger partial charge >= 0.3 is 0 Å². The molecule has 0 saturated carbocycles. The second kappa shape index (κ2) is 7.92. The van der Waals surface area contributed by atoms with Crippen LogP contribution in [0.15, 0.2) is 59.6 Å². The van der Waals surface area contributed by atoms with Crippen molar-refractivity contribution in [1.82, 2.24) is 4.98 Å². The van der Waals surface area contributed by atoms with E-state index in [1.54, 1.807) is 12.1 Å². The monoisotopic (exact) mass is 412 g/mol. The molecule has 1 heterocycles. The van der Waals surface area contributed by atoms with Crippen LogP contribution in [-0.2, 0) is 10.0 Å². The number of hydrogen-bond donors (Lipinski definition) is 1. The van der Waals surface area contributed by atoms with E-state index in [-0.39, 0.29) is 33.3 Å². The van der Waals surface area contributed by atoms with Gasteiger partial charge in [0.15, 0.2) is 0 Å². The first-order chi connectivity index (χ1) is 13.8. The Labute approximate surface area is 164 Å². The quantitative estimate of drug-likeness (QED) is 0.683. The van der Waals surface area contributed by atoms with Crippen molar-refractivity contribution in [2.45, 2.75) is 4.90 Å². The summed E-state index contributed by atoms with van der Waals surface area (Å²) >= 11 is 0. The van der Waals surface area contributed by atoms with Crippen LogP contribution in [0.2, 0.25) is 0 Å². The van der Waals surface area contributed by atoms with E-state index in [9.17, 15) is 22.5 Å². The molecule has 0 amide bonds. The Bertz CT molecular complexity index is 1260. The molecule has 3 aromatic rings. The lowest BCUT2D eigenvalue weighted by molar-refractivity contribution is 0.474. The minimum atomic E-state index is -4.11. The smallest absolute Gasteiger partial charge is 0.263 e. The molecule has 7 nitrogen and oxygen atoms in total. The molecule has 144 valence electrons. The van der Waals surface area contributed by atoms with Crippen molar-refractivity contribution in [2.24, 2.45) is 0 Å². The summed E-state index contributed by atoms with van der Waals surface area (Å²) in [6.07, 6.45) is 0.851. The SMILES string of the molecule is N#Cc1cc(F)cc(Oc2ccc(S(=O)(=O)Nc3ccc(F)cn3)cc2C#N)c1. The number of nitrogens with one attached hydrogen (secondary N) is 1. The number of hydrogen-bond acceptors (Lipinski definition) is 6. The van der Waals surface area contributed by atoms with Crippen LogP contribution in [0, 0.1) is 34.3 Å². The summed E-state index contributed by atoms with van der Waals surface area (Å²) in [5.41, 5.74) is -0.114. The molecule has 0 saturated heterocycles. The van der Waals surface area contributed by atoms with E-state index in [2.05, 4.69) is 9.71 Å². The number of rotatable bonds is 5. The average Bonchev–Trinajstić information content (AvgIpc) is 2.69. The van der Waals surface area contributed by atoms with Crippen LogP contribution in [0.25, 0.3) is 0 Å². The highest BCUT2D eigenvalue weighted by Crippen LogP contribution is 2.29. The summed E-state index contributed by atoms with van der Waals surface area (Å²) in [5, 5.41) is 18.2. The minimum absolute atomic E-state index is 0.0219. The van der Waals surface area contributed by atoms with Gasteiger partial charge < -0.3 is 4.74 Å². The molecular formula is C19H10F2N4O3S. The third kappa shape index (κ3) is 4.64. The van der Waals surface area contributed by atoms with E-state index < -0.39 is 21.7 Å². The number of ether oxygens (including phenoxy) is 1. The molecule has 1 aromatic heterocycles. The fourth-order valence-corrected chi connectivity index (χ4v) is 3.33. The average molecular weight is 412 g/mol. The van der Waals surface area contributed by atoms with Gasteiger partial charge in [-0.25, -0.2) is 22.2 Å². The van der Waals surface area contributed by atoms with Crippen molar-refractivity contribution >= 4 is 15.8 Å². The van der Waals surface area contributed by atoms with Gasteiger partial charge in [-0.05, 0) is 42.5 Å². The standard InChI is InChI=1S/C19H10F2N4O3S/c20-14-1-4-19(24-11-14)25-29(26,27)17-2-3-18(13(7-17)10-23)28-16-6-12(9-22)5-15(21)8-16/h1-8,11H,(H,24,25). The molecule has 0 unspecified atom stereocenters. The molecule has 2 aromatic carbocycles. The van der Waals surface area contributed by atoms with Gasteiger partial charge in [-0.15, -0.1) is 0 Å². The predicted molar refractivity (Wildman–Crippen MR) is 97.3 cm³/mol. The van der Waals surface area contributed by atoms with E-state index in [4.69, 9.17) is 10.00 Å². The van der Waals surface area contributed by atoms with Gasteiger partial charge in [0.05, 0.1) is 28.3 Å². The molecule has 0 atom stereocenters. The molecule has 0 aliphatic heterocycles. The first kappa shape index (κ1) is 19.7. The highest BCUT2D eigenvalue weighted by Gasteiger charge is 2.18. The van der Waals surface area contributed by atoms with Gasteiger partial charge in [-0.3, -0.25) is 4.72 Å². The number of nitrogens with zero attached hydrogens (tertiary/aromatic N) is 3. The van der Waals surface area contributed by atoms with Gasteiger partial charge in [-0.2, -0.15) is 10.5 Å². The number of pyridine rings is 1. The summed E-state index contributed by atoms with van der Waals surface area (Å²) in [6.45, 7) is 0. The normalized spacial score (nSPS) is 10.6. The Hall–Kier alpha value is -4.02. The van der Waals surface area contributed by atoms with E-state index in [1.165, 1.54) is 18.2 Å². The van der Waals surface area contributed by atoms with Crippen LogP contribution >= 0.6 is 0 Å². The van der Waals surface area contributed by atoms with Crippen molar-refractivity contribution in [3.8, 4) is 23.6 Å². The van der Waals surface area contributed by atoms with Crippen LogP contribution < -0.4 is 9.46 Å². The van der Waals surface area contributed by atoms with Crippen molar-refractivity contribution in [2.75, 3.05) is 4.72 Å². The maximum atomic E-state index is 13.5. The van der Waals surface area contributed by atoms with Crippen LogP contribution in [0.3, 0.4) is 0 Å². The largest absolute Gasteiger partial charge is 0.456 e. The molecule has 10 heteroatoms. The van der Waals surface area contributed by atoms with Gasteiger partial charge in [0.2, 0.25) is 0 Å². The zero-order valence-corrected chi connectivity index (χ0v) is 15.2. The molecule has 29 heavy (non-hydrogen) atoms. The molecule has 0 fully saturated rings. The first-order valence-electron chi connectivity index (χ1n) is 7.88. The third-order valence-electron chi connectivity index (χ3n) is 3.58. The van der Waals surface area contributed by atoms with Crippen molar-refractivity contribution < 1.29 is 21.9 Å². The predicted octanol–water partition coefficient (Wildman–Crippen LogP) is 3.70. The summed E-state index contributed by atoms with van der Waals surface area (Å²) in [4.78, 5) is 3.35. The van der Waals surface area contributed by atoms with Gasteiger partial charge in [0, 0.05) is 6.07 Å². The Morgan fingerprint density at radius 3 is 2.41 bits per heavy atom. The summed E-state index contributed by atoms with van der Waals surface area (Å²) in [7, 11) is -4.11. The van der Waals surface area contributed by atoms with Gasteiger partial charge in [-0.1, -0.05) is 0 Å². The number of halogens is 2. The van der Waals surface area contributed by atoms with Crippen molar-refractivity contribution in [1.29, 1.82) is 10.5 Å². The lowest BCUT2D eigenvalue weighted by Gasteiger charge is -2.11. The number of sulfonamides is 1. The summed E-state index contributed by atoms with van der Waals surface area (Å²) in [6, 6.07) is 12.5. The zero-order valence-electron chi connectivity index (χ0n) is 14.4. The molecule has 0 bridgehead atoms. The first-order valence-corrected chi connectivity index (χ1v) is 9.36. The maximum Gasteiger partial charge on any atom is 0.263 e. The molecular weight excluding hydrogens is 402 g/mol. The second-order valence-corrected chi connectivity index (χ2v) is 7.31. The second-order valence-electron chi connectivity index (χ2n) is 5.63. The lowest BCUT2D eigenvalue weighted by atomic mass is 10.2. The Balaban J connectivity index is 1.90. The fourth-order valence-electron chi connectivity index (χ4n) is 2.30. The Kier molecular flexibility index (Phi) is 5.39. The van der Waals surface area contributed by atoms with Crippen molar-refractivity contribution in [3.63, 3.8) is 0 Å². The zero-order chi connectivity index (χ0) is 21.0. The maximum absolute atomic E-state index is 13.5.